The highest BCUT2D eigenvalue weighted by atomic mass is 35.5. The molecule has 1 aliphatic rings. The Kier molecular flexibility index (Phi) is 8.57. The van der Waals surface area contributed by atoms with Gasteiger partial charge in [-0.2, -0.15) is 0 Å². The third-order valence-electron chi connectivity index (χ3n) is 4.89. The van der Waals surface area contributed by atoms with E-state index >= 15 is 0 Å². The fraction of sp³-hybridized carbons (Fsp3) is 0.600. The van der Waals surface area contributed by atoms with Gasteiger partial charge in [0.05, 0.1) is 0 Å². The first-order chi connectivity index (χ1) is 11.8. The van der Waals surface area contributed by atoms with Gasteiger partial charge in [-0.25, -0.2) is 0 Å². The van der Waals surface area contributed by atoms with E-state index in [1.807, 2.05) is 36.2 Å². The molecule has 0 bridgehead atoms. The van der Waals surface area contributed by atoms with E-state index in [4.69, 9.17) is 0 Å². The molecule has 1 heterocycles. The Bertz CT molecular complexity index is 590. The maximum Gasteiger partial charge on any atom is 0.251 e. The molecule has 0 unspecified atom stereocenters. The molecule has 1 aromatic carbocycles. The largest absolute Gasteiger partial charge is 0.352 e. The Morgan fingerprint density at radius 2 is 1.73 bits per heavy atom. The molecule has 0 aromatic heterocycles. The van der Waals surface area contributed by atoms with Crippen LogP contribution in [0.1, 0.15) is 56.0 Å². The number of piperidine rings is 1. The van der Waals surface area contributed by atoms with Gasteiger partial charge in [-0.15, -0.1) is 12.4 Å². The first-order valence-electron chi connectivity index (χ1n) is 9.14. The van der Waals surface area contributed by atoms with Crippen LogP contribution in [0, 0.1) is 0 Å². The third-order valence-corrected chi connectivity index (χ3v) is 4.89. The maximum atomic E-state index is 12.3. The van der Waals surface area contributed by atoms with Crippen LogP contribution >= 0.6 is 12.4 Å². The second-order valence-electron chi connectivity index (χ2n) is 7.82. The van der Waals surface area contributed by atoms with Crippen LogP contribution < -0.4 is 10.6 Å². The van der Waals surface area contributed by atoms with Crippen molar-refractivity contribution < 1.29 is 9.59 Å². The van der Waals surface area contributed by atoms with Crippen LogP contribution in [-0.2, 0) is 10.2 Å². The molecule has 1 fully saturated rings. The monoisotopic (exact) mass is 381 g/mol. The number of nitrogens with zero attached hydrogens (tertiary/aromatic N) is 1. The van der Waals surface area contributed by atoms with Gasteiger partial charge in [-0.3, -0.25) is 9.59 Å². The molecule has 146 valence electrons. The summed E-state index contributed by atoms with van der Waals surface area (Å²) in [5.41, 5.74) is 1.90. The van der Waals surface area contributed by atoms with Gasteiger partial charge >= 0.3 is 0 Å². The molecule has 0 atom stereocenters. The van der Waals surface area contributed by atoms with Gasteiger partial charge in [0.2, 0.25) is 5.91 Å². The standard InChI is InChI=1S/C20H31N3O2.ClH/c1-20(2,3)16-7-5-15(6-8-16)19(25)22-14-11-18(24)23(4)17-9-12-21-13-10-17;/h5-8,17,21H,9-14H2,1-4H3,(H,22,25);1H. The number of benzene rings is 1. The second-order valence-corrected chi connectivity index (χ2v) is 7.82. The molecule has 5 nitrogen and oxygen atoms in total. The first-order valence-corrected chi connectivity index (χ1v) is 9.14. The normalized spacial score (nSPS) is 15.1. The smallest absolute Gasteiger partial charge is 0.251 e. The SMILES string of the molecule is CN(C(=O)CCNC(=O)c1ccc(C(C)(C)C)cc1)C1CCNCC1.Cl. The topological polar surface area (TPSA) is 61.4 Å². The maximum absolute atomic E-state index is 12.3. The average molecular weight is 382 g/mol. The van der Waals surface area contributed by atoms with Gasteiger partial charge in [-0.05, 0) is 49.0 Å². The molecule has 1 aromatic rings. The summed E-state index contributed by atoms with van der Waals surface area (Å²) in [6.45, 7) is 8.73. The summed E-state index contributed by atoms with van der Waals surface area (Å²) in [5, 5.41) is 6.15. The van der Waals surface area contributed by atoms with Gasteiger partial charge in [0, 0.05) is 31.6 Å². The fourth-order valence-electron chi connectivity index (χ4n) is 3.08. The Labute approximate surface area is 163 Å². The van der Waals surface area contributed by atoms with Gasteiger partial charge < -0.3 is 15.5 Å². The van der Waals surface area contributed by atoms with Crippen molar-refractivity contribution in [2.24, 2.45) is 0 Å². The lowest BCUT2D eigenvalue weighted by Crippen LogP contribution is -2.44. The molecule has 2 N–H and O–H groups in total. The molecular weight excluding hydrogens is 350 g/mol. The number of hydrogen-bond acceptors (Lipinski definition) is 3. The number of halogens is 1. The van der Waals surface area contributed by atoms with Crippen molar-refractivity contribution in [3.63, 3.8) is 0 Å². The summed E-state index contributed by atoms with van der Waals surface area (Å²) in [7, 11) is 1.87. The lowest BCUT2D eigenvalue weighted by atomic mass is 9.87. The number of amides is 2. The van der Waals surface area contributed by atoms with Crippen molar-refractivity contribution in [3.8, 4) is 0 Å². The number of carbonyl (C=O) groups is 2. The quantitative estimate of drug-likeness (QED) is 0.824. The Balaban J connectivity index is 0.00000338. The van der Waals surface area contributed by atoms with E-state index in [9.17, 15) is 9.59 Å². The molecule has 0 aliphatic carbocycles. The summed E-state index contributed by atoms with van der Waals surface area (Å²) in [6.07, 6.45) is 2.33. The lowest BCUT2D eigenvalue weighted by Gasteiger charge is -2.31. The zero-order chi connectivity index (χ0) is 18.4. The van der Waals surface area contributed by atoms with Crippen molar-refractivity contribution in [3.05, 3.63) is 35.4 Å². The third kappa shape index (κ3) is 6.29. The van der Waals surface area contributed by atoms with Crippen LogP contribution in [0.15, 0.2) is 24.3 Å². The molecule has 0 spiro atoms. The zero-order valence-electron chi connectivity index (χ0n) is 16.3. The molecule has 1 saturated heterocycles. The van der Waals surface area contributed by atoms with Gasteiger partial charge in [0.25, 0.3) is 5.91 Å². The van der Waals surface area contributed by atoms with Crippen LogP contribution in [0.5, 0.6) is 0 Å². The van der Waals surface area contributed by atoms with E-state index < -0.39 is 0 Å². The first kappa shape index (κ1) is 22.5. The minimum Gasteiger partial charge on any atom is -0.352 e. The number of hydrogen-bond donors (Lipinski definition) is 2. The fourth-order valence-corrected chi connectivity index (χ4v) is 3.08. The minimum atomic E-state index is -0.127. The van der Waals surface area contributed by atoms with Crippen molar-refractivity contribution in [1.82, 2.24) is 15.5 Å². The predicted octanol–water partition coefficient (Wildman–Crippen LogP) is 2.74. The molecule has 0 saturated carbocycles. The van der Waals surface area contributed by atoms with E-state index in [0.29, 0.717) is 24.6 Å². The summed E-state index contributed by atoms with van der Waals surface area (Å²) >= 11 is 0. The average Bonchev–Trinajstić information content (AvgIpc) is 2.61. The zero-order valence-corrected chi connectivity index (χ0v) is 17.1. The van der Waals surface area contributed by atoms with E-state index in [0.717, 1.165) is 25.9 Å². The predicted molar refractivity (Wildman–Crippen MR) is 108 cm³/mol. The summed E-state index contributed by atoms with van der Waals surface area (Å²) in [4.78, 5) is 26.3. The highest BCUT2D eigenvalue weighted by Gasteiger charge is 2.21. The van der Waals surface area contributed by atoms with E-state index in [-0.39, 0.29) is 29.6 Å². The van der Waals surface area contributed by atoms with Gasteiger partial charge in [0.1, 0.15) is 0 Å². The summed E-state index contributed by atoms with van der Waals surface area (Å²) in [6, 6.07) is 7.99. The lowest BCUT2D eigenvalue weighted by molar-refractivity contribution is -0.132. The number of rotatable bonds is 5. The highest BCUT2D eigenvalue weighted by molar-refractivity contribution is 5.94. The Morgan fingerprint density at radius 3 is 2.27 bits per heavy atom. The van der Waals surface area contributed by atoms with E-state index in [2.05, 4.69) is 31.4 Å². The summed E-state index contributed by atoms with van der Waals surface area (Å²) < 4.78 is 0. The molecule has 2 rings (SSSR count). The Morgan fingerprint density at radius 1 is 1.15 bits per heavy atom. The van der Waals surface area contributed by atoms with Crippen LogP contribution in [0.4, 0.5) is 0 Å². The molecule has 6 heteroatoms. The number of nitrogens with one attached hydrogen (secondary N) is 2. The molecule has 1 aliphatic heterocycles. The van der Waals surface area contributed by atoms with Crippen molar-refractivity contribution in [2.45, 2.75) is 51.5 Å². The van der Waals surface area contributed by atoms with E-state index in [1.165, 1.54) is 5.56 Å². The van der Waals surface area contributed by atoms with Crippen molar-refractivity contribution in [1.29, 1.82) is 0 Å². The van der Waals surface area contributed by atoms with Gasteiger partial charge in [0.15, 0.2) is 0 Å². The van der Waals surface area contributed by atoms with Crippen molar-refractivity contribution >= 4 is 24.2 Å². The van der Waals surface area contributed by atoms with Crippen molar-refractivity contribution in [2.75, 3.05) is 26.7 Å². The second kappa shape index (κ2) is 9.93. The van der Waals surface area contributed by atoms with Crippen LogP contribution in [0.3, 0.4) is 0 Å². The van der Waals surface area contributed by atoms with Crippen LogP contribution in [0.25, 0.3) is 0 Å². The van der Waals surface area contributed by atoms with Crippen LogP contribution in [-0.4, -0.2) is 49.4 Å². The number of carbonyl (C=O) groups excluding carboxylic acids is 2. The molecule has 26 heavy (non-hydrogen) atoms. The highest BCUT2D eigenvalue weighted by Crippen LogP contribution is 2.22. The Hall–Kier alpha value is -1.59. The molecular formula is C20H32ClN3O2. The van der Waals surface area contributed by atoms with Crippen LogP contribution in [0.2, 0.25) is 0 Å². The minimum absolute atomic E-state index is 0. The van der Waals surface area contributed by atoms with Gasteiger partial charge in [-0.1, -0.05) is 32.9 Å². The molecule has 2 amide bonds. The summed E-state index contributed by atoms with van der Waals surface area (Å²) in [5.74, 6) is -0.0342. The van der Waals surface area contributed by atoms with E-state index in [1.54, 1.807) is 0 Å². The molecule has 0 radical (unpaired) electrons.